The third kappa shape index (κ3) is 0.419. The molecule has 0 atom stereocenters. The number of rotatable bonds is 1. The van der Waals surface area contributed by atoms with Crippen molar-refractivity contribution in [3.63, 3.8) is 0 Å². The Kier molecular flexibility index (Phi) is 0.701. The Labute approximate surface area is 60.0 Å². The van der Waals surface area contributed by atoms with E-state index in [0.717, 1.165) is 38.3 Å². The minimum absolute atomic E-state index is 0.486. The molecule has 0 spiro atoms. The quantitative estimate of drug-likeness (QED) is 0.576. The second kappa shape index (κ2) is 1.27. The van der Waals surface area contributed by atoms with Crippen LogP contribution in [0.2, 0.25) is 0 Å². The number of hydrogen-bond donors (Lipinski definition) is 1. The largest absolute Gasteiger partial charge is 0.316 e. The van der Waals surface area contributed by atoms with Crippen LogP contribution in [-0.2, 0) is 0 Å². The Balaban J connectivity index is 1.74. The lowest BCUT2D eigenvalue weighted by molar-refractivity contribution is -0.248. The molecule has 0 aromatic rings. The van der Waals surface area contributed by atoms with Crippen molar-refractivity contribution < 1.29 is 4.39 Å². The van der Waals surface area contributed by atoms with Crippen LogP contribution in [0.1, 0.15) is 19.3 Å². The molecule has 4 aliphatic rings. The van der Waals surface area contributed by atoms with E-state index in [4.69, 9.17) is 0 Å². The van der Waals surface area contributed by atoms with Crippen molar-refractivity contribution in [1.29, 1.82) is 0 Å². The molecule has 0 radical (unpaired) electrons. The van der Waals surface area contributed by atoms with E-state index in [2.05, 4.69) is 5.32 Å². The molecular formula is C8H12FN. The predicted octanol–water partition coefficient (Wildman–Crippen LogP) is 1.10. The van der Waals surface area contributed by atoms with E-state index < -0.39 is 5.67 Å². The molecule has 4 rings (SSSR count). The van der Waals surface area contributed by atoms with Gasteiger partial charge in [-0.05, 0) is 43.7 Å². The fraction of sp³-hybridized carbons (Fsp3) is 1.00. The standard InChI is InChI=1S/C8H12FN/c9-8-3-7(4-8,5-8)6-1-10-2-6/h6,10H,1-5H2. The first-order chi connectivity index (χ1) is 4.73. The summed E-state index contributed by atoms with van der Waals surface area (Å²) in [6.07, 6.45) is 2.64. The maximum Gasteiger partial charge on any atom is 0.112 e. The van der Waals surface area contributed by atoms with Gasteiger partial charge in [-0.2, -0.15) is 0 Å². The third-order valence-corrected chi connectivity index (χ3v) is 3.65. The molecule has 1 heterocycles. The molecule has 1 saturated heterocycles. The average Bonchev–Trinajstić information content (AvgIpc) is 1.53. The summed E-state index contributed by atoms with van der Waals surface area (Å²) in [5.74, 6) is 0.824. The lowest BCUT2D eigenvalue weighted by Gasteiger charge is -2.70. The van der Waals surface area contributed by atoms with Gasteiger partial charge in [0.25, 0.3) is 0 Å². The van der Waals surface area contributed by atoms with Gasteiger partial charge in [-0.25, -0.2) is 4.39 Å². The summed E-state index contributed by atoms with van der Waals surface area (Å²) in [6, 6.07) is 0. The molecule has 4 fully saturated rings. The zero-order chi connectivity index (χ0) is 6.82. The lowest BCUT2D eigenvalue weighted by atomic mass is 9.37. The van der Waals surface area contributed by atoms with Crippen molar-refractivity contribution in [2.45, 2.75) is 24.9 Å². The van der Waals surface area contributed by atoms with Crippen LogP contribution in [0.4, 0.5) is 4.39 Å². The van der Waals surface area contributed by atoms with Crippen LogP contribution < -0.4 is 5.32 Å². The van der Waals surface area contributed by atoms with Crippen molar-refractivity contribution in [2.75, 3.05) is 13.1 Å². The van der Waals surface area contributed by atoms with Gasteiger partial charge < -0.3 is 5.32 Å². The zero-order valence-corrected chi connectivity index (χ0v) is 5.99. The fourth-order valence-corrected chi connectivity index (χ4v) is 2.89. The van der Waals surface area contributed by atoms with E-state index in [1.165, 1.54) is 0 Å². The van der Waals surface area contributed by atoms with Crippen molar-refractivity contribution in [3.8, 4) is 0 Å². The van der Waals surface area contributed by atoms with Gasteiger partial charge in [0, 0.05) is 0 Å². The highest BCUT2D eigenvalue weighted by Crippen LogP contribution is 2.73. The monoisotopic (exact) mass is 141 g/mol. The van der Waals surface area contributed by atoms with Crippen molar-refractivity contribution >= 4 is 0 Å². The molecule has 1 nitrogen and oxygen atoms in total. The number of alkyl halides is 1. The van der Waals surface area contributed by atoms with Gasteiger partial charge in [0.1, 0.15) is 5.67 Å². The Morgan fingerprint density at radius 1 is 1.20 bits per heavy atom. The Morgan fingerprint density at radius 2 is 1.80 bits per heavy atom. The number of hydrogen-bond acceptors (Lipinski definition) is 1. The molecular weight excluding hydrogens is 129 g/mol. The minimum atomic E-state index is -0.685. The zero-order valence-electron chi connectivity index (χ0n) is 5.99. The van der Waals surface area contributed by atoms with Gasteiger partial charge in [0.05, 0.1) is 0 Å². The van der Waals surface area contributed by atoms with Gasteiger partial charge in [-0.1, -0.05) is 0 Å². The Bertz CT molecular complexity index is 166. The highest BCUT2D eigenvalue weighted by atomic mass is 19.1. The van der Waals surface area contributed by atoms with Crippen molar-refractivity contribution in [1.82, 2.24) is 5.32 Å². The molecule has 2 bridgehead atoms. The van der Waals surface area contributed by atoms with E-state index >= 15 is 0 Å². The molecule has 0 aromatic heterocycles. The van der Waals surface area contributed by atoms with Crippen molar-refractivity contribution in [2.24, 2.45) is 11.3 Å². The van der Waals surface area contributed by atoms with Gasteiger partial charge in [0.2, 0.25) is 0 Å². The fourth-order valence-electron chi connectivity index (χ4n) is 2.89. The summed E-state index contributed by atoms with van der Waals surface area (Å²) in [5.41, 5.74) is -0.199. The molecule has 0 amide bonds. The predicted molar refractivity (Wildman–Crippen MR) is 36.5 cm³/mol. The van der Waals surface area contributed by atoms with Crippen LogP contribution in [-0.4, -0.2) is 18.8 Å². The van der Waals surface area contributed by atoms with Crippen molar-refractivity contribution in [3.05, 3.63) is 0 Å². The van der Waals surface area contributed by atoms with E-state index in [1.807, 2.05) is 0 Å². The summed E-state index contributed by atoms with van der Waals surface area (Å²) in [5, 5.41) is 3.25. The first-order valence-corrected chi connectivity index (χ1v) is 4.12. The Hall–Kier alpha value is -0.110. The molecule has 3 aliphatic carbocycles. The molecule has 0 aromatic carbocycles. The molecule has 3 saturated carbocycles. The molecule has 2 heteroatoms. The molecule has 10 heavy (non-hydrogen) atoms. The smallest absolute Gasteiger partial charge is 0.112 e. The molecule has 1 N–H and O–H groups in total. The first-order valence-electron chi connectivity index (χ1n) is 4.12. The second-order valence-electron chi connectivity index (χ2n) is 4.40. The van der Waals surface area contributed by atoms with Crippen LogP contribution in [0.5, 0.6) is 0 Å². The summed E-state index contributed by atoms with van der Waals surface area (Å²) in [6.45, 7) is 2.30. The van der Waals surface area contributed by atoms with Gasteiger partial charge in [0.15, 0.2) is 0 Å². The minimum Gasteiger partial charge on any atom is -0.316 e. The maximum atomic E-state index is 13.0. The molecule has 1 aliphatic heterocycles. The molecule has 56 valence electrons. The average molecular weight is 141 g/mol. The lowest BCUT2D eigenvalue weighted by Crippen LogP contribution is -2.72. The van der Waals surface area contributed by atoms with Gasteiger partial charge in [-0.15, -0.1) is 0 Å². The summed E-state index contributed by atoms with van der Waals surface area (Å²) in [7, 11) is 0. The first kappa shape index (κ1) is 5.53. The van der Waals surface area contributed by atoms with E-state index in [-0.39, 0.29) is 0 Å². The number of halogens is 1. The third-order valence-electron chi connectivity index (χ3n) is 3.65. The SMILES string of the molecule is FC12CC(C3CNC3)(C1)C2. The number of nitrogens with one attached hydrogen (secondary N) is 1. The van der Waals surface area contributed by atoms with Crippen LogP contribution >= 0.6 is 0 Å². The van der Waals surface area contributed by atoms with Crippen LogP contribution in [0.3, 0.4) is 0 Å². The molecule has 0 unspecified atom stereocenters. The summed E-state index contributed by atoms with van der Waals surface area (Å²) < 4.78 is 13.0. The topological polar surface area (TPSA) is 12.0 Å². The van der Waals surface area contributed by atoms with Gasteiger partial charge in [-0.3, -0.25) is 0 Å². The summed E-state index contributed by atoms with van der Waals surface area (Å²) >= 11 is 0. The van der Waals surface area contributed by atoms with E-state index in [9.17, 15) is 4.39 Å². The normalized spacial score (nSPS) is 58.5. The van der Waals surface area contributed by atoms with Crippen LogP contribution in [0, 0.1) is 11.3 Å². The maximum absolute atomic E-state index is 13.0. The van der Waals surface area contributed by atoms with Gasteiger partial charge >= 0.3 is 0 Å². The summed E-state index contributed by atoms with van der Waals surface area (Å²) in [4.78, 5) is 0. The van der Waals surface area contributed by atoms with Crippen LogP contribution in [0.25, 0.3) is 0 Å². The van der Waals surface area contributed by atoms with E-state index in [1.54, 1.807) is 0 Å². The van der Waals surface area contributed by atoms with E-state index in [0.29, 0.717) is 5.41 Å². The highest BCUT2D eigenvalue weighted by molar-refractivity contribution is 5.22. The second-order valence-corrected chi connectivity index (χ2v) is 4.40. The highest BCUT2D eigenvalue weighted by Gasteiger charge is 2.71. The van der Waals surface area contributed by atoms with Crippen LogP contribution in [0.15, 0.2) is 0 Å². The Morgan fingerprint density at radius 3 is 2.10 bits per heavy atom.